The van der Waals surface area contributed by atoms with E-state index in [-0.39, 0.29) is 10.8 Å². The molecule has 0 fully saturated rings. The van der Waals surface area contributed by atoms with Crippen LogP contribution in [-0.2, 0) is 10.8 Å². The molecular weight excluding hydrogens is 236 g/mol. The van der Waals surface area contributed by atoms with Gasteiger partial charge >= 0.3 is 0 Å². The van der Waals surface area contributed by atoms with Crippen molar-refractivity contribution in [2.45, 2.75) is 52.4 Å². The summed E-state index contributed by atoms with van der Waals surface area (Å²) in [5, 5.41) is 8.31. The average Bonchev–Trinajstić information content (AvgIpc) is 2.77. The zero-order valence-corrected chi connectivity index (χ0v) is 12.5. The van der Waals surface area contributed by atoms with E-state index >= 15 is 0 Å². The molecule has 0 atom stereocenters. The normalized spacial score (nSPS) is 12.7. The summed E-state index contributed by atoms with van der Waals surface area (Å²) in [6.07, 6.45) is 1.81. The predicted molar refractivity (Wildman–Crippen MR) is 76.0 cm³/mol. The molecule has 0 amide bonds. The molecule has 0 saturated heterocycles. The Morgan fingerprint density at radius 1 is 0.947 bits per heavy atom. The lowest BCUT2D eigenvalue weighted by molar-refractivity contribution is 0.546. The monoisotopic (exact) mass is 257 g/mol. The van der Waals surface area contributed by atoms with Crippen LogP contribution in [0.3, 0.4) is 0 Å². The second kappa shape index (κ2) is 4.44. The first kappa shape index (κ1) is 13.7. The summed E-state index contributed by atoms with van der Waals surface area (Å²) in [6, 6.07) is 4.08. The molecule has 0 saturated carbocycles. The number of nitrogens with zero attached hydrogens (tertiary/aromatic N) is 4. The van der Waals surface area contributed by atoms with Crippen molar-refractivity contribution in [2.24, 2.45) is 0 Å². The minimum atomic E-state index is -0.0904. The Bertz CT molecular complexity index is 570. The van der Waals surface area contributed by atoms with Crippen LogP contribution in [0, 0.1) is 0 Å². The van der Waals surface area contributed by atoms with Crippen molar-refractivity contribution < 1.29 is 0 Å². The van der Waals surface area contributed by atoms with Crippen molar-refractivity contribution in [2.75, 3.05) is 0 Å². The Morgan fingerprint density at radius 2 is 1.63 bits per heavy atom. The van der Waals surface area contributed by atoms with Crippen molar-refractivity contribution in [3.05, 3.63) is 29.7 Å². The summed E-state index contributed by atoms with van der Waals surface area (Å²) in [5.74, 6) is 1.36. The van der Waals surface area contributed by atoms with Crippen molar-refractivity contribution in [3.63, 3.8) is 0 Å². The summed E-state index contributed by atoms with van der Waals surface area (Å²) in [6.45, 7) is 12.8. The Morgan fingerprint density at radius 3 is 2.16 bits per heavy atom. The number of hydrogen-bond donors (Lipinski definition) is 0. The third kappa shape index (κ3) is 3.00. The van der Waals surface area contributed by atoms with Crippen LogP contribution in [0.5, 0.6) is 0 Å². The molecule has 0 N–H and O–H groups in total. The number of pyridine rings is 1. The SMILES string of the molecule is CC(C)(C)c1ccnc(-c2nnc(C(C)(C)C)[n-]2)c1. The van der Waals surface area contributed by atoms with Crippen molar-refractivity contribution in [1.29, 1.82) is 0 Å². The van der Waals surface area contributed by atoms with Gasteiger partial charge in [0.1, 0.15) is 0 Å². The van der Waals surface area contributed by atoms with E-state index in [1.807, 2.05) is 18.3 Å². The third-order valence-electron chi connectivity index (χ3n) is 2.98. The molecule has 0 aromatic carbocycles. The van der Waals surface area contributed by atoms with Gasteiger partial charge in [-0.25, -0.2) is 0 Å². The van der Waals surface area contributed by atoms with Crippen molar-refractivity contribution in [1.82, 2.24) is 20.2 Å². The summed E-state index contributed by atoms with van der Waals surface area (Å²) in [4.78, 5) is 8.84. The van der Waals surface area contributed by atoms with E-state index in [2.05, 4.69) is 61.7 Å². The fourth-order valence-electron chi connectivity index (χ4n) is 1.69. The topological polar surface area (TPSA) is 52.8 Å². The smallest absolute Gasteiger partial charge is 0.0759 e. The highest BCUT2D eigenvalue weighted by Gasteiger charge is 2.16. The van der Waals surface area contributed by atoms with E-state index in [0.29, 0.717) is 5.82 Å². The number of rotatable bonds is 1. The molecule has 102 valence electrons. The van der Waals surface area contributed by atoms with Gasteiger partial charge in [0, 0.05) is 12.0 Å². The molecule has 0 unspecified atom stereocenters. The van der Waals surface area contributed by atoms with Gasteiger partial charge in [-0.15, -0.1) is 0 Å². The molecule has 0 radical (unpaired) electrons. The number of hydrogen-bond acceptors (Lipinski definition) is 3. The minimum Gasteiger partial charge on any atom is -0.360 e. The Balaban J connectivity index is 2.40. The van der Waals surface area contributed by atoms with Gasteiger partial charge in [-0.3, -0.25) is 4.98 Å². The molecule has 0 aliphatic carbocycles. The summed E-state index contributed by atoms with van der Waals surface area (Å²) in [7, 11) is 0. The van der Waals surface area contributed by atoms with Gasteiger partial charge in [0.15, 0.2) is 0 Å². The minimum absolute atomic E-state index is 0.0879. The zero-order chi connectivity index (χ0) is 14.3. The Kier molecular flexibility index (Phi) is 3.20. The van der Waals surface area contributed by atoms with Crippen molar-refractivity contribution in [3.8, 4) is 11.5 Å². The van der Waals surface area contributed by atoms with E-state index in [4.69, 9.17) is 0 Å². The van der Waals surface area contributed by atoms with Gasteiger partial charge in [0.25, 0.3) is 0 Å². The maximum absolute atomic E-state index is 4.49. The van der Waals surface area contributed by atoms with Crippen LogP contribution in [0.25, 0.3) is 11.5 Å². The highest BCUT2D eigenvalue weighted by atomic mass is 15.2. The molecule has 0 aliphatic rings. The van der Waals surface area contributed by atoms with Crippen LogP contribution in [0.4, 0.5) is 0 Å². The maximum atomic E-state index is 4.49. The van der Waals surface area contributed by atoms with Crippen LogP contribution in [0.15, 0.2) is 18.3 Å². The van der Waals surface area contributed by atoms with Gasteiger partial charge in [0.2, 0.25) is 0 Å². The first-order valence-electron chi connectivity index (χ1n) is 6.53. The second-order valence-electron chi connectivity index (χ2n) is 6.89. The van der Waals surface area contributed by atoms with Crippen LogP contribution in [-0.4, -0.2) is 15.2 Å². The van der Waals surface area contributed by atoms with E-state index in [1.54, 1.807) is 0 Å². The molecule has 2 aromatic heterocycles. The van der Waals surface area contributed by atoms with E-state index in [1.165, 1.54) is 5.56 Å². The molecule has 0 bridgehead atoms. The highest BCUT2D eigenvalue weighted by Crippen LogP contribution is 2.25. The molecule has 2 rings (SSSR count). The highest BCUT2D eigenvalue weighted by molar-refractivity contribution is 5.50. The first-order valence-corrected chi connectivity index (χ1v) is 6.53. The average molecular weight is 257 g/mol. The van der Waals surface area contributed by atoms with Gasteiger partial charge in [-0.1, -0.05) is 41.5 Å². The summed E-state index contributed by atoms with van der Waals surface area (Å²) >= 11 is 0. The first-order chi connectivity index (χ1) is 8.68. The van der Waals surface area contributed by atoms with Gasteiger partial charge in [0.05, 0.1) is 5.69 Å². The largest absolute Gasteiger partial charge is 0.360 e. The fourth-order valence-corrected chi connectivity index (χ4v) is 1.69. The van der Waals surface area contributed by atoms with Crippen LogP contribution < -0.4 is 4.98 Å². The standard InChI is InChI=1S/C15H21N4/c1-14(2,3)10-7-8-16-11(9-10)12-17-13(19-18-12)15(4,5)6/h7-9H,1-6H3/q-1. The summed E-state index contributed by atoms with van der Waals surface area (Å²) in [5.41, 5.74) is 2.01. The number of aromatic nitrogens is 4. The van der Waals surface area contributed by atoms with Crippen LogP contribution in [0.2, 0.25) is 0 Å². The third-order valence-corrected chi connectivity index (χ3v) is 2.98. The lowest BCUT2D eigenvalue weighted by atomic mass is 9.87. The second-order valence-corrected chi connectivity index (χ2v) is 6.89. The van der Waals surface area contributed by atoms with E-state index < -0.39 is 0 Å². The van der Waals surface area contributed by atoms with E-state index in [0.717, 1.165) is 11.5 Å². The molecule has 19 heavy (non-hydrogen) atoms. The van der Waals surface area contributed by atoms with Gasteiger partial charge < -0.3 is 15.2 Å². The molecule has 2 heterocycles. The molecule has 4 nitrogen and oxygen atoms in total. The Hall–Kier alpha value is -1.71. The molecule has 0 aliphatic heterocycles. The summed E-state index contributed by atoms with van der Waals surface area (Å²) < 4.78 is 0. The zero-order valence-electron chi connectivity index (χ0n) is 12.5. The van der Waals surface area contributed by atoms with Gasteiger partial charge in [-0.05, 0) is 34.4 Å². The van der Waals surface area contributed by atoms with Gasteiger partial charge in [-0.2, -0.15) is 0 Å². The fraction of sp³-hybridized carbons (Fsp3) is 0.533. The Labute approximate surface area is 114 Å². The van der Waals surface area contributed by atoms with Crippen LogP contribution >= 0.6 is 0 Å². The molecule has 2 aromatic rings. The lowest BCUT2D eigenvalue weighted by Gasteiger charge is -2.20. The maximum Gasteiger partial charge on any atom is 0.0759 e. The van der Waals surface area contributed by atoms with Crippen LogP contribution in [0.1, 0.15) is 52.9 Å². The quantitative estimate of drug-likeness (QED) is 0.787. The van der Waals surface area contributed by atoms with E-state index in [9.17, 15) is 0 Å². The molecule has 4 heteroatoms. The lowest BCUT2D eigenvalue weighted by Crippen LogP contribution is -2.14. The predicted octanol–water partition coefficient (Wildman–Crippen LogP) is 3.09. The van der Waals surface area contributed by atoms with Crippen molar-refractivity contribution >= 4 is 0 Å². The molecule has 0 spiro atoms. The molecular formula is C15H21N4-.